The van der Waals surface area contributed by atoms with Crippen LogP contribution in [0.5, 0.6) is 0 Å². The smallest absolute Gasteiger partial charge is 0.337 e. The van der Waals surface area contributed by atoms with Gasteiger partial charge in [0.25, 0.3) is 0 Å². The predicted octanol–water partition coefficient (Wildman–Crippen LogP) is 0.533. The van der Waals surface area contributed by atoms with E-state index in [4.69, 9.17) is 5.11 Å². The van der Waals surface area contributed by atoms with Crippen LogP contribution in [0.15, 0.2) is 12.3 Å². The molecule has 9 nitrogen and oxygen atoms in total. The first kappa shape index (κ1) is 15.8. The molecule has 1 atom stereocenters. The van der Waals surface area contributed by atoms with Crippen LogP contribution in [0.2, 0.25) is 0 Å². The van der Waals surface area contributed by atoms with Crippen molar-refractivity contribution in [2.45, 2.75) is 13.0 Å². The zero-order chi connectivity index (χ0) is 15.5. The first-order valence-electron chi connectivity index (χ1n) is 5.42. The third-order valence-corrected chi connectivity index (χ3v) is 3.35. The highest BCUT2D eigenvalue weighted by atomic mass is 32.2. The number of rotatable bonds is 6. The van der Waals surface area contributed by atoms with Crippen LogP contribution in [0.25, 0.3) is 0 Å². The van der Waals surface area contributed by atoms with Gasteiger partial charge in [-0.1, -0.05) is 0 Å². The Balaban J connectivity index is 3.06. The molecule has 0 amide bonds. The van der Waals surface area contributed by atoms with Gasteiger partial charge in [-0.15, -0.1) is 0 Å². The normalized spacial score (nSPS) is 12.7. The molecular weight excluding hydrogens is 290 g/mol. The van der Waals surface area contributed by atoms with E-state index in [0.717, 1.165) is 18.5 Å². The Kier molecular flexibility index (Phi) is 4.61. The topological polar surface area (TPSA) is 140 Å². The summed E-state index contributed by atoms with van der Waals surface area (Å²) in [5.74, 6) is -1.74. The molecule has 0 aromatic carbocycles. The van der Waals surface area contributed by atoms with Gasteiger partial charge in [0, 0.05) is 24.6 Å². The van der Waals surface area contributed by atoms with Gasteiger partial charge in [0.15, 0.2) is 0 Å². The quantitative estimate of drug-likeness (QED) is 0.573. The second kappa shape index (κ2) is 5.82. The van der Waals surface area contributed by atoms with Crippen molar-refractivity contribution in [3.63, 3.8) is 0 Å². The second-order valence-corrected chi connectivity index (χ2v) is 6.48. The lowest BCUT2D eigenvalue weighted by atomic mass is 10.2. The molecule has 0 radical (unpaired) electrons. The SMILES string of the molecule is CC(CS(C)(=O)=O)Nc1ncc(C(=O)O)cc1[N+](=O)[O-]. The number of hydrogen-bond donors (Lipinski definition) is 2. The van der Waals surface area contributed by atoms with E-state index in [-0.39, 0.29) is 17.1 Å². The molecule has 10 heteroatoms. The van der Waals surface area contributed by atoms with Crippen LogP contribution < -0.4 is 5.32 Å². The molecule has 1 rings (SSSR count). The van der Waals surface area contributed by atoms with Crippen LogP contribution in [0, 0.1) is 10.1 Å². The Morgan fingerprint density at radius 1 is 1.60 bits per heavy atom. The number of carbonyl (C=O) groups is 1. The van der Waals surface area contributed by atoms with Crippen LogP contribution >= 0.6 is 0 Å². The number of nitrogens with zero attached hydrogens (tertiary/aromatic N) is 2. The van der Waals surface area contributed by atoms with Crippen molar-refractivity contribution in [2.24, 2.45) is 0 Å². The molecule has 0 saturated heterocycles. The number of pyridine rings is 1. The lowest BCUT2D eigenvalue weighted by molar-refractivity contribution is -0.384. The van der Waals surface area contributed by atoms with Crippen molar-refractivity contribution in [1.82, 2.24) is 4.98 Å². The molecule has 2 N–H and O–H groups in total. The van der Waals surface area contributed by atoms with E-state index in [1.807, 2.05) is 0 Å². The molecule has 0 aliphatic heterocycles. The summed E-state index contributed by atoms with van der Waals surface area (Å²) in [5.41, 5.74) is -0.844. The molecule has 0 aliphatic rings. The van der Waals surface area contributed by atoms with E-state index in [1.165, 1.54) is 6.92 Å². The average molecular weight is 303 g/mol. The van der Waals surface area contributed by atoms with E-state index in [0.29, 0.717) is 0 Å². The lowest BCUT2D eigenvalue weighted by Gasteiger charge is -2.13. The molecule has 1 unspecified atom stereocenters. The Morgan fingerprint density at radius 2 is 2.20 bits per heavy atom. The van der Waals surface area contributed by atoms with Crippen LogP contribution in [-0.4, -0.2) is 47.5 Å². The van der Waals surface area contributed by atoms with Gasteiger partial charge in [0.05, 0.1) is 16.2 Å². The standard InChI is InChI=1S/C10H13N3O6S/c1-6(5-20(2,18)19)12-9-8(13(16)17)3-7(4-11-9)10(14)15/h3-4,6H,5H2,1-2H3,(H,11,12)(H,14,15). The first-order valence-corrected chi connectivity index (χ1v) is 7.48. The van der Waals surface area contributed by atoms with Crippen LogP contribution in [0.1, 0.15) is 17.3 Å². The number of carboxylic acids is 1. The van der Waals surface area contributed by atoms with E-state index in [9.17, 15) is 23.3 Å². The highest BCUT2D eigenvalue weighted by Gasteiger charge is 2.21. The summed E-state index contributed by atoms with van der Waals surface area (Å²) in [6, 6.07) is 0.261. The Hall–Kier alpha value is -2.23. The minimum atomic E-state index is -3.25. The van der Waals surface area contributed by atoms with Gasteiger partial charge in [-0.05, 0) is 6.92 Å². The molecular formula is C10H13N3O6S. The van der Waals surface area contributed by atoms with E-state index in [1.54, 1.807) is 0 Å². The van der Waals surface area contributed by atoms with Crippen molar-refractivity contribution in [1.29, 1.82) is 0 Å². The van der Waals surface area contributed by atoms with E-state index < -0.39 is 32.5 Å². The molecule has 0 fully saturated rings. The molecule has 0 saturated carbocycles. The highest BCUT2D eigenvalue weighted by Crippen LogP contribution is 2.23. The number of carboxylic acid groups (broad SMARTS) is 1. The Labute approximate surface area is 114 Å². The van der Waals surface area contributed by atoms with Gasteiger partial charge in [0.2, 0.25) is 5.82 Å². The molecule has 1 aromatic heterocycles. The molecule has 0 bridgehead atoms. The third kappa shape index (κ3) is 4.46. The summed E-state index contributed by atoms with van der Waals surface area (Å²) < 4.78 is 22.2. The van der Waals surface area contributed by atoms with Crippen molar-refractivity contribution in [2.75, 3.05) is 17.3 Å². The maximum atomic E-state index is 11.1. The number of sulfone groups is 1. The van der Waals surface area contributed by atoms with Gasteiger partial charge in [-0.2, -0.15) is 0 Å². The van der Waals surface area contributed by atoms with Crippen molar-refractivity contribution >= 4 is 27.3 Å². The number of anilines is 1. The highest BCUT2D eigenvalue weighted by molar-refractivity contribution is 7.90. The maximum Gasteiger partial charge on any atom is 0.337 e. The van der Waals surface area contributed by atoms with Crippen LogP contribution in [0.3, 0.4) is 0 Å². The van der Waals surface area contributed by atoms with Crippen LogP contribution in [-0.2, 0) is 9.84 Å². The molecule has 0 aliphatic carbocycles. The maximum absolute atomic E-state index is 11.1. The van der Waals surface area contributed by atoms with Gasteiger partial charge in [-0.25, -0.2) is 18.2 Å². The molecule has 110 valence electrons. The summed E-state index contributed by atoms with van der Waals surface area (Å²) in [6.45, 7) is 1.53. The fraction of sp³-hybridized carbons (Fsp3) is 0.400. The van der Waals surface area contributed by atoms with E-state index in [2.05, 4.69) is 10.3 Å². The van der Waals surface area contributed by atoms with Gasteiger partial charge >= 0.3 is 11.7 Å². The minimum absolute atomic E-state index is 0.170. The van der Waals surface area contributed by atoms with Crippen LogP contribution in [0.4, 0.5) is 11.5 Å². The van der Waals surface area contributed by atoms with E-state index >= 15 is 0 Å². The summed E-state index contributed by atoms with van der Waals surface area (Å²) in [5, 5.41) is 22.2. The summed E-state index contributed by atoms with van der Waals surface area (Å²) in [7, 11) is -3.25. The second-order valence-electron chi connectivity index (χ2n) is 4.29. The predicted molar refractivity (Wildman–Crippen MR) is 70.6 cm³/mol. The van der Waals surface area contributed by atoms with Crippen molar-refractivity contribution in [3.05, 3.63) is 27.9 Å². The van der Waals surface area contributed by atoms with Gasteiger partial charge in [0.1, 0.15) is 9.84 Å². The monoisotopic (exact) mass is 303 g/mol. The number of aromatic carboxylic acids is 1. The van der Waals surface area contributed by atoms with Gasteiger partial charge in [-0.3, -0.25) is 10.1 Å². The number of hydrogen-bond acceptors (Lipinski definition) is 7. The Bertz CT molecular complexity index is 642. The van der Waals surface area contributed by atoms with Crippen molar-refractivity contribution in [3.8, 4) is 0 Å². The number of nitro groups is 1. The zero-order valence-electron chi connectivity index (χ0n) is 10.7. The molecule has 0 spiro atoms. The average Bonchev–Trinajstić information content (AvgIpc) is 2.25. The fourth-order valence-electron chi connectivity index (χ4n) is 1.55. The first-order chi connectivity index (χ1) is 9.10. The molecule has 1 heterocycles. The zero-order valence-corrected chi connectivity index (χ0v) is 11.5. The lowest BCUT2D eigenvalue weighted by Crippen LogP contribution is -2.26. The summed E-state index contributed by atoms with van der Waals surface area (Å²) in [6.07, 6.45) is 2.01. The summed E-state index contributed by atoms with van der Waals surface area (Å²) >= 11 is 0. The largest absolute Gasteiger partial charge is 0.478 e. The molecule has 20 heavy (non-hydrogen) atoms. The molecule has 1 aromatic rings. The third-order valence-electron chi connectivity index (χ3n) is 2.25. The van der Waals surface area contributed by atoms with Crippen molar-refractivity contribution < 1.29 is 23.2 Å². The minimum Gasteiger partial charge on any atom is -0.478 e. The summed E-state index contributed by atoms with van der Waals surface area (Å²) in [4.78, 5) is 24.5. The van der Waals surface area contributed by atoms with Gasteiger partial charge < -0.3 is 10.4 Å². The fourth-order valence-corrected chi connectivity index (χ4v) is 2.54. The number of aromatic nitrogens is 1. The Morgan fingerprint density at radius 3 is 2.65 bits per heavy atom. The number of nitrogens with one attached hydrogen (secondary N) is 1.